The maximum absolute atomic E-state index is 13.9. The second-order valence-electron chi connectivity index (χ2n) is 8.26. The fraction of sp³-hybridized carbons (Fsp3) is 0.417. The first-order chi connectivity index (χ1) is 13.6. The Kier molecular flexibility index (Phi) is 5.93. The van der Waals surface area contributed by atoms with Crippen LogP contribution in [0.15, 0.2) is 47.9 Å². The second kappa shape index (κ2) is 7.96. The van der Waals surface area contributed by atoms with E-state index >= 15 is 0 Å². The molecule has 4 nitrogen and oxygen atoms in total. The van der Waals surface area contributed by atoms with Crippen LogP contribution in [0.3, 0.4) is 0 Å². The Morgan fingerprint density at radius 1 is 1.14 bits per heavy atom. The van der Waals surface area contributed by atoms with Gasteiger partial charge in [0.15, 0.2) is 0 Å². The molecule has 3 rings (SSSR count). The molecule has 1 heterocycles. The Morgan fingerprint density at radius 2 is 1.76 bits per heavy atom. The van der Waals surface area contributed by atoms with Crippen LogP contribution in [0.5, 0.6) is 5.75 Å². The van der Waals surface area contributed by atoms with E-state index in [0.29, 0.717) is 16.2 Å². The minimum atomic E-state index is -3.69. The summed E-state index contributed by atoms with van der Waals surface area (Å²) in [6, 6.07) is 11.4. The molecule has 0 amide bonds. The number of ether oxygens (including phenoxy) is 1. The van der Waals surface area contributed by atoms with Crippen molar-refractivity contribution < 1.29 is 13.2 Å². The smallest absolute Gasteiger partial charge is 0.244 e. The first kappa shape index (κ1) is 21.6. The van der Waals surface area contributed by atoms with Crippen LogP contribution in [0.2, 0.25) is 0 Å². The zero-order valence-corrected chi connectivity index (χ0v) is 19.0. The van der Waals surface area contributed by atoms with Crippen molar-refractivity contribution in [1.29, 1.82) is 0 Å². The van der Waals surface area contributed by atoms with Gasteiger partial charge in [-0.05, 0) is 67.0 Å². The third kappa shape index (κ3) is 3.62. The summed E-state index contributed by atoms with van der Waals surface area (Å²) in [5.41, 5.74) is 4.16. The van der Waals surface area contributed by atoms with Crippen LogP contribution < -0.4 is 4.74 Å². The van der Waals surface area contributed by atoms with Crippen molar-refractivity contribution in [2.75, 3.05) is 7.11 Å². The van der Waals surface area contributed by atoms with Crippen molar-refractivity contribution in [2.24, 2.45) is 5.92 Å². The molecule has 0 unspecified atom stereocenters. The van der Waals surface area contributed by atoms with E-state index in [1.165, 1.54) is 0 Å². The van der Waals surface area contributed by atoms with E-state index < -0.39 is 10.0 Å². The summed E-state index contributed by atoms with van der Waals surface area (Å²) >= 11 is 0. The van der Waals surface area contributed by atoms with Gasteiger partial charge < -0.3 is 4.74 Å². The first-order valence-corrected chi connectivity index (χ1v) is 11.5. The number of benzene rings is 2. The molecular formula is C24H31NO3S. The van der Waals surface area contributed by atoms with E-state index in [4.69, 9.17) is 4.74 Å². The molecule has 156 valence electrons. The molecule has 1 aliphatic heterocycles. The Labute approximate surface area is 175 Å². The Morgan fingerprint density at radius 3 is 2.31 bits per heavy atom. The van der Waals surface area contributed by atoms with Gasteiger partial charge in [-0.2, -0.15) is 4.31 Å². The second-order valence-corrected chi connectivity index (χ2v) is 10.0. The highest BCUT2D eigenvalue weighted by atomic mass is 32.2. The molecule has 0 aliphatic carbocycles. The highest BCUT2D eigenvalue weighted by molar-refractivity contribution is 7.89. The highest BCUT2D eigenvalue weighted by Crippen LogP contribution is 2.44. The average molecular weight is 414 g/mol. The number of aryl methyl sites for hydroxylation is 1. The van der Waals surface area contributed by atoms with Crippen LogP contribution in [0.4, 0.5) is 0 Å². The predicted octanol–water partition coefficient (Wildman–Crippen LogP) is 5.12. The lowest BCUT2D eigenvalue weighted by atomic mass is 9.82. The van der Waals surface area contributed by atoms with Gasteiger partial charge >= 0.3 is 0 Å². The zero-order chi connectivity index (χ0) is 21.5. The largest absolute Gasteiger partial charge is 0.496 e. The molecule has 2 atom stereocenters. The molecule has 0 saturated carbocycles. The molecule has 0 radical (unpaired) electrons. The monoisotopic (exact) mass is 413 g/mol. The van der Waals surface area contributed by atoms with Crippen LogP contribution in [-0.4, -0.2) is 31.9 Å². The van der Waals surface area contributed by atoms with Crippen molar-refractivity contribution >= 4 is 15.6 Å². The summed E-state index contributed by atoms with van der Waals surface area (Å²) in [4.78, 5) is 0.395. The molecule has 1 saturated heterocycles. The lowest BCUT2D eigenvalue weighted by Gasteiger charge is -2.50. The normalized spacial score (nSPS) is 19.8. The van der Waals surface area contributed by atoms with Crippen LogP contribution >= 0.6 is 0 Å². The fourth-order valence-corrected chi connectivity index (χ4v) is 6.77. The number of hydrogen-bond acceptors (Lipinski definition) is 3. The van der Waals surface area contributed by atoms with Gasteiger partial charge in [0.1, 0.15) is 5.75 Å². The van der Waals surface area contributed by atoms with Gasteiger partial charge in [-0.15, -0.1) is 0 Å². The van der Waals surface area contributed by atoms with Crippen LogP contribution in [0.25, 0.3) is 5.57 Å². The maximum atomic E-state index is 13.9. The Bertz CT molecular complexity index is 1030. The first-order valence-electron chi connectivity index (χ1n) is 10.0. The Hall–Kier alpha value is -2.11. The van der Waals surface area contributed by atoms with Crippen molar-refractivity contribution in [2.45, 2.75) is 58.0 Å². The summed E-state index contributed by atoms with van der Waals surface area (Å²) in [6.07, 6.45) is 0.790. The fourth-order valence-electron chi connectivity index (χ4n) is 4.32. The highest BCUT2D eigenvalue weighted by Gasteiger charge is 2.49. The molecular weight excluding hydrogens is 382 g/mol. The molecule has 0 N–H and O–H groups in total. The van der Waals surface area contributed by atoms with Crippen molar-refractivity contribution in [1.82, 2.24) is 4.31 Å². The van der Waals surface area contributed by atoms with Gasteiger partial charge in [0.2, 0.25) is 10.0 Å². The van der Waals surface area contributed by atoms with Crippen LogP contribution in [0, 0.1) is 26.7 Å². The number of rotatable bonds is 6. The number of sulfonamides is 1. The molecule has 0 aromatic heterocycles. The molecule has 0 spiro atoms. The third-order valence-electron chi connectivity index (χ3n) is 6.15. The molecule has 29 heavy (non-hydrogen) atoms. The molecule has 0 bridgehead atoms. The van der Waals surface area contributed by atoms with Gasteiger partial charge in [-0.1, -0.05) is 50.8 Å². The molecule has 5 heteroatoms. The van der Waals surface area contributed by atoms with E-state index in [9.17, 15) is 8.42 Å². The lowest BCUT2D eigenvalue weighted by molar-refractivity contribution is 0.110. The molecule has 1 aliphatic rings. The Balaban J connectivity index is 2.09. The van der Waals surface area contributed by atoms with Crippen LogP contribution in [-0.2, 0) is 10.0 Å². The van der Waals surface area contributed by atoms with Gasteiger partial charge in [0, 0.05) is 6.04 Å². The van der Waals surface area contributed by atoms with Crippen molar-refractivity contribution in [3.05, 3.63) is 65.2 Å². The zero-order valence-electron chi connectivity index (χ0n) is 18.2. The summed E-state index contributed by atoms with van der Waals surface area (Å²) < 4.78 is 34.9. The lowest BCUT2D eigenvalue weighted by Crippen LogP contribution is -2.60. The van der Waals surface area contributed by atoms with Crippen molar-refractivity contribution in [3.63, 3.8) is 0 Å². The maximum Gasteiger partial charge on any atom is 0.244 e. The van der Waals surface area contributed by atoms with Crippen molar-refractivity contribution in [3.8, 4) is 5.75 Å². The SMILES string of the molecule is C=C(c1ccccc1)[C@@H]1C[C@H](C(C)C)N1S(=O)(=O)c1c(C)cc(OC)c(C)c1C. The summed E-state index contributed by atoms with van der Waals surface area (Å²) in [5, 5.41) is 0. The number of methoxy groups -OCH3 is 1. The predicted molar refractivity (Wildman–Crippen MR) is 119 cm³/mol. The molecule has 2 aromatic carbocycles. The average Bonchev–Trinajstić information content (AvgIpc) is 2.63. The quantitative estimate of drug-likeness (QED) is 0.660. The molecule has 1 fully saturated rings. The summed E-state index contributed by atoms with van der Waals surface area (Å²) in [7, 11) is -2.08. The van der Waals surface area contributed by atoms with E-state index in [-0.39, 0.29) is 18.0 Å². The van der Waals surface area contributed by atoms with Gasteiger partial charge in [0.25, 0.3) is 0 Å². The summed E-state index contributed by atoms with van der Waals surface area (Å²) in [5.74, 6) is 0.942. The van der Waals surface area contributed by atoms with E-state index in [2.05, 4.69) is 20.4 Å². The van der Waals surface area contributed by atoms with E-state index in [1.807, 2.05) is 57.2 Å². The van der Waals surface area contributed by atoms with E-state index in [0.717, 1.165) is 28.7 Å². The standard InChI is InChI=1S/C24H31NO3S/c1-15(2)21-14-22(19(6)20-11-9-8-10-12-20)25(21)29(26,27)24-16(3)13-23(28-7)17(4)18(24)5/h8-13,15,21-22H,6,14H2,1-5,7H3/t21-,22+/m1/s1. The topological polar surface area (TPSA) is 46.6 Å². The van der Waals surface area contributed by atoms with Gasteiger partial charge in [-0.25, -0.2) is 8.42 Å². The third-order valence-corrected chi connectivity index (χ3v) is 8.37. The van der Waals surface area contributed by atoms with Crippen LogP contribution in [0.1, 0.15) is 42.5 Å². The van der Waals surface area contributed by atoms with Gasteiger partial charge in [0.05, 0.1) is 18.0 Å². The van der Waals surface area contributed by atoms with E-state index in [1.54, 1.807) is 11.4 Å². The van der Waals surface area contributed by atoms with Gasteiger partial charge in [-0.3, -0.25) is 0 Å². The summed E-state index contributed by atoms with van der Waals surface area (Å²) in [6.45, 7) is 14.0. The minimum Gasteiger partial charge on any atom is -0.496 e. The molecule has 2 aromatic rings. The number of hydrogen-bond donors (Lipinski definition) is 0. The number of nitrogens with zero attached hydrogens (tertiary/aromatic N) is 1. The minimum absolute atomic E-state index is 0.0355.